The maximum Gasteiger partial charge on any atom is 0.119 e. The van der Waals surface area contributed by atoms with Gasteiger partial charge in [0.1, 0.15) is 5.75 Å². The molecule has 0 aromatic heterocycles. The summed E-state index contributed by atoms with van der Waals surface area (Å²) in [5.41, 5.74) is 7.36. The van der Waals surface area contributed by atoms with Crippen LogP contribution in [-0.4, -0.2) is 30.6 Å². The minimum absolute atomic E-state index is 0.350. The van der Waals surface area contributed by atoms with Crippen molar-refractivity contribution < 1.29 is 4.74 Å². The van der Waals surface area contributed by atoms with Crippen molar-refractivity contribution in [3.8, 4) is 5.75 Å². The largest absolute Gasteiger partial charge is 0.494 e. The van der Waals surface area contributed by atoms with Crippen LogP contribution in [0.1, 0.15) is 51.1 Å². The molecule has 0 heterocycles. The number of benzene rings is 1. The number of hydrogen-bond acceptors (Lipinski definition) is 3. The van der Waals surface area contributed by atoms with Gasteiger partial charge in [0.05, 0.1) is 6.61 Å². The second kappa shape index (κ2) is 7.65. The molecule has 0 saturated heterocycles. The summed E-state index contributed by atoms with van der Waals surface area (Å²) in [4.78, 5) is 2.59. The molecule has 1 aromatic rings. The van der Waals surface area contributed by atoms with Crippen LogP contribution in [0.15, 0.2) is 24.3 Å². The van der Waals surface area contributed by atoms with Crippen molar-refractivity contribution in [3.05, 3.63) is 29.8 Å². The molecule has 0 radical (unpaired) electrons. The van der Waals surface area contributed by atoms with Crippen LogP contribution in [0.3, 0.4) is 0 Å². The quantitative estimate of drug-likeness (QED) is 0.751. The zero-order chi connectivity index (χ0) is 14.4. The molecule has 3 heteroatoms. The van der Waals surface area contributed by atoms with Gasteiger partial charge in [-0.2, -0.15) is 0 Å². The Kier molecular flexibility index (Phi) is 5.86. The molecule has 1 saturated carbocycles. The van der Waals surface area contributed by atoms with Gasteiger partial charge in [-0.3, -0.25) is 4.90 Å². The van der Waals surface area contributed by atoms with Crippen LogP contribution in [0.5, 0.6) is 5.75 Å². The van der Waals surface area contributed by atoms with Crippen LogP contribution in [0.25, 0.3) is 0 Å². The van der Waals surface area contributed by atoms with Crippen molar-refractivity contribution in [2.45, 2.75) is 51.6 Å². The zero-order valence-electron chi connectivity index (χ0n) is 12.8. The molecule has 1 unspecified atom stereocenters. The fourth-order valence-electron chi connectivity index (χ4n) is 2.73. The highest BCUT2D eigenvalue weighted by Crippen LogP contribution is 2.34. The summed E-state index contributed by atoms with van der Waals surface area (Å²) >= 11 is 0. The van der Waals surface area contributed by atoms with Crippen molar-refractivity contribution in [2.24, 2.45) is 5.73 Å². The number of hydrogen-bond donors (Lipinski definition) is 1. The van der Waals surface area contributed by atoms with Gasteiger partial charge in [0.25, 0.3) is 0 Å². The first kappa shape index (κ1) is 15.3. The fourth-order valence-corrected chi connectivity index (χ4v) is 2.73. The third kappa shape index (κ3) is 3.97. The molecule has 1 aliphatic rings. The van der Waals surface area contributed by atoms with Crippen molar-refractivity contribution in [3.63, 3.8) is 0 Å². The van der Waals surface area contributed by atoms with Crippen molar-refractivity contribution in [2.75, 3.05) is 19.7 Å². The predicted molar refractivity (Wildman–Crippen MR) is 84.0 cm³/mol. The van der Waals surface area contributed by atoms with E-state index in [1.54, 1.807) is 0 Å². The average Bonchev–Trinajstić information content (AvgIpc) is 3.31. The third-order valence-electron chi connectivity index (χ3n) is 3.86. The Morgan fingerprint density at radius 1 is 1.20 bits per heavy atom. The maximum atomic E-state index is 6.05. The molecule has 0 aliphatic heterocycles. The Morgan fingerprint density at radius 2 is 1.90 bits per heavy atom. The van der Waals surface area contributed by atoms with Gasteiger partial charge in [-0.1, -0.05) is 26.0 Å². The average molecular weight is 276 g/mol. The minimum atomic E-state index is 0.350. The summed E-state index contributed by atoms with van der Waals surface area (Å²) < 4.78 is 5.65. The Hall–Kier alpha value is -1.06. The SMILES string of the molecule is CCCOc1ccc(C(CN)N(CCC)C2CC2)cc1. The van der Waals surface area contributed by atoms with E-state index >= 15 is 0 Å². The lowest BCUT2D eigenvalue weighted by Gasteiger charge is -2.31. The van der Waals surface area contributed by atoms with Crippen molar-refractivity contribution in [1.82, 2.24) is 4.90 Å². The molecule has 1 atom stereocenters. The molecule has 2 rings (SSSR count). The molecule has 3 nitrogen and oxygen atoms in total. The summed E-state index contributed by atoms with van der Waals surface area (Å²) in [6, 6.07) is 9.60. The van der Waals surface area contributed by atoms with Gasteiger partial charge in [-0.15, -0.1) is 0 Å². The smallest absolute Gasteiger partial charge is 0.119 e. The molecule has 1 aliphatic carbocycles. The van der Waals surface area contributed by atoms with Crippen LogP contribution in [0.4, 0.5) is 0 Å². The van der Waals surface area contributed by atoms with E-state index in [-0.39, 0.29) is 0 Å². The molecule has 1 aromatic carbocycles. The number of ether oxygens (including phenoxy) is 1. The van der Waals surface area contributed by atoms with E-state index in [0.717, 1.165) is 31.4 Å². The third-order valence-corrected chi connectivity index (χ3v) is 3.86. The molecule has 112 valence electrons. The van der Waals surface area contributed by atoms with Crippen molar-refractivity contribution >= 4 is 0 Å². The second-order valence-corrected chi connectivity index (χ2v) is 5.64. The van der Waals surface area contributed by atoms with Crippen LogP contribution in [-0.2, 0) is 0 Å². The van der Waals surface area contributed by atoms with Gasteiger partial charge >= 0.3 is 0 Å². The highest BCUT2D eigenvalue weighted by Gasteiger charge is 2.33. The molecule has 1 fully saturated rings. The van der Waals surface area contributed by atoms with E-state index in [0.29, 0.717) is 12.6 Å². The summed E-state index contributed by atoms with van der Waals surface area (Å²) in [7, 11) is 0. The first-order valence-electron chi connectivity index (χ1n) is 7.98. The standard InChI is InChI=1S/C17H28N2O/c1-3-11-19(15-7-8-15)17(13-18)14-5-9-16(10-6-14)20-12-4-2/h5-6,9-10,15,17H,3-4,7-8,11-13,18H2,1-2H3. The monoisotopic (exact) mass is 276 g/mol. The number of rotatable bonds is 9. The van der Waals surface area contributed by atoms with E-state index in [1.807, 2.05) is 0 Å². The predicted octanol–water partition coefficient (Wildman–Crippen LogP) is 3.35. The summed E-state index contributed by atoms with van der Waals surface area (Å²) in [5.74, 6) is 0.958. The lowest BCUT2D eigenvalue weighted by Crippen LogP contribution is -2.36. The first-order valence-corrected chi connectivity index (χ1v) is 7.98. The molecule has 2 N–H and O–H groups in total. The molecule has 20 heavy (non-hydrogen) atoms. The highest BCUT2D eigenvalue weighted by molar-refractivity contribution is 5.29. The van der Waals surface area contributed by atoms with E-state index in [4.69, 9.17) is 10.5 Å². The Labute approximate surface area is 123 Å². The van der Waals surface area contributed by atoms with Gasteiger partial charge in [0.15, 0.2) is 0 Å². The van der Waals surface area contributed by atoms with Gasteiger partial charge in [-0.05, 0) is 49.9 Å². The normalized spacial score (nSPS) is 16.4. The Morgan fingerprint density at radius 3 is 2.40 bits per heavy atom. The van der Waals surface area contributed by atoms with Crippen LogP contribution < -0.4 is 10.5 Å². The van der Waals surface area contributed by atoms with Crippen LogP contribution in [0.2, 0.25) is 0 Å². The zero-order valence-corrected chi connectivity index (χ0v) is 12.8. The molecule has 0 amide bonds. The summed E-state index contributed by atoms with van der Waals surface area (Å²) in [6.07, 6.45) is 4.88. The first-order chi connectivity index (χ1) is 9.80. The number of nitrogens with zero attached hydrogens (tertiary/aromatic N) is 1. The number of nitrogens with two attached hydrogens (primary N) is 1. The second-order valence-electron chi connectivity index (χ2n) is 5.64. The summed E-state index contributed by atoms with van der Waals surface area (Å²) in [6.45, 7) is 6.97. The fraction of sp³-hybridized carbons (Fsp3) is 0.647. The lowest BCUT2D eigenvalue weighted by atomic mass is 10.0. The summed E-state index contributed by atoms with van der Waals surface area (Å²) in [5, 5.41) is 0. The molecular formula is C17H28N2O. The maximum absolute atomic E-state index is 6.05. The minimum Gasteiger partial charge on any atom is -0.494 e. The van der Waals surface area contributed by atoms with E-state index in [9.17, 15) is 0 Å². The topological polar surface area (TPSA) is 38.5 Å². The molecule has 0 spiro atoms. The van der Waals surface area contributed by atoms with E-state index in [2.05, 4.69) is 43.0 Å². The van der Waals surface area contributed by atoms with Crippen molar-refractivity contribution in [1.29, 1.82) is 0 Å². The highest BCUT2D eigenvalue weighted by atomic mass is 16.5. The van der Waals surface area contributed by atoms with Crippen LogP contribution >= 0.6 is 0 Å². The van der Waals surface area contributed by atoms with Gasteiger partial charge in [0, 0.05) is 18.6 Å². The van der Waals surface area contributed by atoms with Crippen LogP contribution in [0, 0.1) is 0 Å². The Balaban J connectivity index is 2.05. The molecular weight excluding hydrogens is 248 g/mol. The Bertz CT molecular complexity index is 386. The van der Waals surface area contributed by atoms with Gasteiger partial charge in [-0.25, -0.2) is 0 Å². The van der Waals surface area contributed by atoms with Gasteiger partial charge < -0.3 is 10.5 Å². The van der Waals surface area contributed by atoms with E-state index < -0.39 is 0 Å². The van der Waals surface area contributed by atoms with Gasteiger partial charge in [0.2, 0.25) is 0 Å². The molecule has 0 bridgehead atoms. The van der Waals surface area contributed by atoms with E-state index in [1.165, 1.54) is 24.8 Å². The lowest BCUT2D eigenvalue weighted by molar-refractivity contribution is 0.191.